The fraction of sp³-hybridized carbons (Fsp3) is 0.133. The molecule has 0 radical (unpaired) electrons. The van der Waals surface area contributed by atoms with E-state index in [0.717, 1.165) is 11.1 Å². The summed E-state index contributed by atoms with van der Waals surface area (Å²) in [6, 6.07) is 7.28. The Hall–Kier alpha value is -2.49. The van der Waals surface area contributed by atoms with E-state index in [-0.39, 0.29) is 11.8 Å². The predicted molar refractivity (Wildman–Crippen MR) is 71.3 cm³/mol. The van der Waals surface area contributed by atoms with Gasteiger partial charge in [0.1, 0.15) is 0 Å². The number of hydrogen-bond donors (Lipinski definition) is 0. The molecule has 1 aromatic carbocycles. The Morgan fingerprint density at radius 3 is 2.21 bits per heavy atom. The maximum atomic E-state index is 12.4. The monoisotopic (exact) mass is 252 g/mol. The number of fused-ring (bicyclic) bond motifs is 1. The molecular weight excluding hydrogens is 240 g/mol. The number of anilines is 1. The lowest BCUT2D eigenvalue weighted by molar-refractivity contribution is 0.0925. The number of nitrogens with zero attached hydrogens (tertiary/aromatic N) is 2. The van der Waals surface area contributed by atoms with Gasteiger partial charge in [-0.1, -0.05) is 18.2 Å². The molecule has 2 amide bonds. The third-order valence-corrected chi connectivity index (χ3v) is 3.35. The molecule has 2 heterocycles. The van der Waals surface area contributed by atoms with Crippen LogP contribution in [0.3, 0.4) is 0 Å². The van der Waals surface area contributed by atoms with E-state index in [1.165, 1.54) is 17.3 Å². The molecule has 1 aliphatic rings. The van der Waals surface area contributed by atoms with Crippen molar-refractivity contribution in [1.82, 2.24) is 4.98 Å². The highest BCUT2D eigenvalue weighted by Crippen LogP contribution is 2.32. The number of rotatable bonds is 1. The fourth-order valence-electron chi connectivity index (χ4n) is 2.45. The molecule has 0 unspecified atom stereocenters. The summed E-state index contributed by atoms with van der Waals surface area (Å²) >= 11 is 0. The van der Waals surface area contributed by atoms with E-state index in [4.69, 9.17) is 0 Å². The minimum absolute atomic E-state index is 0.278. The van der Waals surface area contributed by atoms with Crippen LogP contribution in [0.2, 0.25) is 0 Å². The molecule has 1 aliphatic heterocycles. The lowest BCUT2D eigenvalue weighted by atomic mass is 10.1. The van der Waals surface area contributed by atoms with Crippen LogP contribution in [0.4, 0.5) is 5.69 Å². The Kier molecular flexibility index (Phi) is 2.45. The van der Waals surface area contributed by atoms with Crippen LogP contribution in [-0.2, 0) is 0 Å². The first-order valence-corrected chi connectivity index (χ1v) is 6.00. The number of pyridine rings is 1. The highest BCUT2D eigenvalue weighted by atomic mass is 16.2. The zero-order valence-electron chi connectivity index (χ0n) is 10.7. The van der Waals surface area contributed by atoms with Gasteiger partial charge in [0, 0.05) is 12.4 Å². The van der Waals surface area contributed by atoms with Gasteiger partial charge in [-0.15, -0.1) is 0 Å². The molecule has 0 bridgehead atoms. The van der Waals surface area contributed by atoms with Gasteiger partial charge in [0.15, 0.2) is 0 Å². The third-order valence-electron chi connectivity index (χ3n) is 3.35. The average molecular weight is 252 g/mol. The van der Waals surface area contributed by atoms with E-state index < -0.39 is 0 Å². The van der Waals surface area contributed by atoms with Gasteiger partial charge in [-0.25, -0.2) is 4.90 Å². The average Bonchev–Trinajstić information content (AvgIpc) is 2.64. The van der Waals surface area contributed by atoms with Gasteiger partial charge in [0.2, 0.25) is 0 Å². The molecule has 4 heteroatoms. The molecule has 19 heavy (non-hydrogen) atoms. The van der Waals surface area contributed by atoms with Crippen LogP contribution < -0.4 is 4.90 Å². The number of carbonyl (C=O) groups excluding carboxylic acids is 2. The van der Waals surface area contributed by atoms with Crippen LogP contribution in [0.15, 0.2) is 36.7 Å². The number of aromatic nitrogens is 1. The standard InChI is InChI=1S/C15H12N2O2/c1-9-4-3-5-10(2)13(9)17-14(18)11-6-7-16-8-12(11)15(17)19/h3-8H,1-2H3. The summed E-state index contributed by atoms with van der Waals surface area (Å²) in [5.74, 6) is -0.578. The second-order valence-corrected chi connectivity index (χ2v) is 4.61. The van der Waals surface area contributed by atoms with Gasteiger partial charge in [-0.2, -0.15) is 0 Å². The van der Waals surface area contributed by atoms with Gasteiger partial charge in [0.25, 0.3) is 11.8 Å². The molecule has 0 N–H and O–H groups in total. The van der Waals surface area contributed by atoms with Gasteiger partial charge in [0.05, 0.1) is 16.8 Å². The molecule has 0 aliphatic carbocycles. The zero-order chi connectivity index (χ0) is 13.6. The van der Waals surface area contributed by atoms with Crippen LogP contribution in [0.5, 0.6) is 0 Å². The van der Waals surface area contributed by atoms with Crippen molar-refractivity contribution in [3.63, 3.8) is 0 Å². The second-order valence-electron chi connectivity index (χ2n) is 4.61. The Balaban J connectivity index is 2.20. The van der Waals surface area contributed by atoms with Crippen LogP contribution in [0.1, 0.15) is 31.8 Å². The van der Waals surface area contributed by atoms with Crippen molar-refractivity contribution in [3.05, 3.63) is 58.9 Å². The van der Waals surface area contributed by atoms with Crippen molar-refractivity contribution in [2.24, 2.45) is 0 Å². The largest absolute Gasteiger partial charge is 0.268 e. The number of aryl methyl sites for hydroxylation is 2. The maximum Gasteiger partial charge on any atom is 0.267 e. The summed E-state index contributed by atoms with van der Waals surface area (Å²) < 4.78 is 0. The number of imide groups is 1. The molecule has 2 aromatic rings. The van der Waals surface area contributed by atoms with E-state index in [1.54, 1.807) is 6.07 Å². The topological polar surface area (TPSA) is 50.3 Å². The number of carbonyl (C=O) groups is 2. The summed E-state index contributed by atoms with van der Waals surface area (Å²) in [4.78, 5) is 29.9. The maximum absolute atomic E-state index is 12.4. The van der Waals surface area contributed by atoms with Crippen LogP contribution in [0.25, 0.3) is 0 Å². The van der Waals surface area contributed by atoms with Crippen LogP contribution >= 0.6 is 0 Å². The highest BCUT2D eigenvalue weighted by Gasteiger charge is 2.37. The van der Waals surface area contributed by atoms with E-state index in [1.807, 2.05) is 32.0 Å². The molecule has 94 valence electrons. The summed E-state index contributed by atoms with van der Waals surface area (Å²) in [7, 11) is 0. The quantitative estimate of drug-likeness (QED) is 0.733. The van der Waals surface area contributed by atoms with Gasteiger partial charge < -0.3 is 0 Å². The number of amides is 2. The number of benzene rings is 1. The fourth-order valence-corrected chi connectivity index (χ4v) is 2.45. The summed E-state index contributed by atoms with van der Waals surface area (Å²) in [5, 5.41) is 0. The number of hydrogen-bond acceptors (Lipinski definition) is 3. The first-order chi connectivity index (χ1) is 9.11. The van der Waals surface area contributed by atoms with Crippen LogP contribution in [0, 0.1) is 13.8 Å². The molecule has 0 atom stereocenters. The predicted octanol–water partition coefficient (Wildman–Crippen LogP) is 2.50. The Morgan fingerprint density at radius 1 is 0.947 bits per heavy atom. The van der Waals surface area contributed by atoms with Crippen molar-refractivity contribution < 1.29 is 9.59 Å². The molecule has 1 aromatic heterocycles. The molecule has 3 rings (SSSR count). The van der Waals surface area contributed by atoms with Gasteiger partial charge in [-0.05, 0) is 31.0 Å². The van der Waals surface area contributed by atoms with Crippen molar-refractivity contribution in [1.29, 1.82) is 0 Å². The Morgan fingerprint density at radius 2 is 1.58 bits per heavy atom. The summed E-state index contributed by atoms with van der Waals surface area (Å²) in [6.45, 7) is 3.79. The lowest BCUT2D eigenvalue weighted by Crippen LogP contribution is -2.30. The second kappa shape index (κ2) is 4.02. The van der Waals surface area contributed by atoms with Crippen LogP contribution in [-0.4, -0.2) is 16.8 Å². The van der Waals surface area contributed by atoms with E-state index in [0.29, 0.717) is 16.8 Å². The zero-order valence-corrected chi connectivity index (χ0v) is 10.7. The minimum atomic E-state index is -0.300. The Bertz CT molecular complexity index is 652. The normalized spacial score (nSPS) is 13.9. The first-order valence-electron chi connectivity index (χ1n) is 6.00. The van der Waals surface area contributed by atoms with Gasteiger partial charge in [-0.3, -0.25) is 14.6 Å². The Labute approximate surface area is 110 Å². The molecule has 0 fully saturated rings. The van der Waals surface area contributed by atoms with Crippen molar-refractivity contribution in [3.8, 4) is 0 Å². The molecule has 4 nitrogen and oxygen atoms in total. The molecule has 0 saturated heterocycles. The highest BCUT2D eigenvalue weighted by molar-refractivity contribution is 6.34. The van der Waals surface area contributed by atoms with Gasteiger partial charge >= 0.3 is 0 Å². The lowest BCUT2D eigenvalue weighted by Gasteiger charge is -2.18. The van der Waals surface area contributed by atoms with Crippen molar-refractivity contribution in [2.75, 3.05) is 4.90 Å². The number of para-hydroxylation sites is 1. The smallest absolute Gasteiger partial charge is 0.267 e. The van der Waals surface area contributed by atoms with E-state index in [2.05, 4.69) is 4.98 Å². The molecule has 0 spiro atoms. The van der Waals surface area contributed by atoms with E-state index >= 15 is 0 Å². The van der Waals surface area contributed by atoms with E-state index in [9.17, 15) is 9.59 Å². The SMILES string of the molecule is Cc1cccc(C)c1N1C(=O)c2ccncc2C1=O. The summed E-state index contributed by atoms with van der Waals surface area (Å²) in [6.07, 6.45) is 2.97. The van der Waals surface area contributed by atoms with Crippen molar-refractivity contribution in [2.45, 2.75) is 13.8 Å². The summed E-state index contributed by atoms with van der Waals surface area (Å²) in [5.41, 5.74) is 3.27. The third kappa shape index (κ3) is 1.57. The molecular formula is C15H12N2O2. The van der Waals surface area contributed by atoms with Crippen molar-refractivity contribution >= 4 is 17.5 Å². The molecule has 0 saturated carbocycles. The first kappa shape index (κ1) is 11.6. The minimum Gasteiger partial charge on any atom is -0.268 e.